The van der Waals surface area contributed by atoms with E-state index in [1.165, 1.54) is 19.2 Å². The van der Waals surface area contributed by atoms with E-state index in [4.69, 9.17) is 4.84 Å². The molecule has 1 heterocycles. The molecule has 1 saturated heterocycles. The zero-order chi connectivity index (χ0) is 18.5. The molecule has 7 nitrogen and oxygen atoms in total. The minimum absolute atomic E-state index is 0.0906. The second-order valence-corrected chi connectivity index (χ2v) is 5.87. The highest BCUT2D eigenvalue weighted by Crippen LogP contribution is 2.28. The highest BCUT2D eigenvalue weighted by atomic mass is 16.7. The van der Waals surface area contributed by atoms with Crippen LogP contribution in [0.4, 0.5) is 0 Å². The van der Waals surface area contributed by atoms with Gasteiger partial charge in [0.2, 0.25) is 0 Å². The normalized spacial score (nSPS) is 17.5. The second-order valence-electron chi connectivity index (χ2n) is 5.87. The van der Waals surface area contributed by atoms with Crippen LogP contribution in [-0.4, -0.2) is 48.9 Å². The Kier molecular flexibility index (Phi) is 5.50. The Morgan fingerprint density at radius 3 is 2.62 bits per heavy atom. The SMILES string of the molecule is COC(=O)c1ccc(C2CNCCN2OC(=O)c2ccccc2)cc1O. The van der Waals surface area contributed by atoms with Gasteiger partial charge in [-0.05, 0) is 29.8 Å². The molecule has 136 valence electrons. The molecule has 1 atom stereocenters. The summed E-state index contributed by atoms with van der Waals surface area (Å²) < 4.78 is 4.63. The van der Waals surface area contributed by atoms with Crippen molar-refractivity contribution in [3.05, 3.63) is 65.2 Å². The van der Waals surface area contributed by atoms with Gasteiger partial charge in [-0.15, -0.1) is 5.06 Å². The lowest BCUT2D eigenvalue weighted by Gasteiger charge is -2.34. The number of benzene rings is 2. The van der Waals surface area contributed by atoms with Crippen molar-refractivity contribution in [1.29, 1.82) is 0 Å². The third-order valence-electron chi connectivity index (χ3n) is 4.22. The van der Waals surface area contributed by atoms with Crippen LogP contribution >= 0.6 is 0 Å². The van der Waals surface area contributed by atoms with Crippen LogP contribution in [0.15, 0.2) is 48.5 Å². The molecule has 0 aromatic heterocycles. The number of esters is 1. The monoisotopic (exact) mass is 356 g/mol. The highest BCUT2D eigenvalue weighted by Gasteiger charge is 2.28. The fourth-order valence-electron chi connectivity index (χ4n) is 2.85. The van der Waals surface area contributed by atoms with Gasteiger partial charge < -0.3 is 20.0 Å². The first-order valence-corrected chi connectivity index (χ1v) is 8.26. The summed E-state index contributed by atoms with van der Waals surface area (Å²) in [5.74, 6) is -1.22. The molecule has 1 unspecified atom stereocenters. The van der Waals surface area contributed by atoms with Gasteiger partial charge in [0.15, 0.2) is 0 Å². The van der Waals surface area contributed by atoms with Crippen molar-refractivity contribution in [2.24, 2.45) is 0 Å². The van der Waals surface area contributed by atoms with Gasteiger partial charge in [-0.25, -0.2) is 9.59 Å². The average molecular weight is 356 g/mol. The van der Waals surface area contributed by atoms with Gasteiger partial charge in [0.05, 0.1) is 18.7 Å². The van der Waals surface area contributed by atoms with E-state index in [0.29, 0.717) is 25.2 Å². The Labute approximate surface area is 151 Å². The maximum atomic E-state index is 12.3. The molecule has 0 bridgehead atoms. The summed E-state index contributed by atoms with van der Waals surface area (Å²) >= 11 is 0. The number of nitrogens with one attached hydrogen (secondary N) is 1. The van der Waals surface area contributed by atoms with Crippen LogP contribution in [0.5, 0.6) is 5.75 Å². The molecular formula is C19H20N2O5. The molecule has 0 aliphatic carbocycles. The molecule has 0 saturated carbocycles. The smallest absolute Gasteiger partial charge is 0.357 e. The number of methoxy groups -OCH3 is 1. The zero-order valence-corrected chi connectivity index (χ0v) is 14.3. The number of phenols is 1. The number of nitrogens with zero attached hydrogens (tertiary/aromatic N) is 1. The van der Waals surface area contributed by atoms with E-state index in [2.05, 4.69) is 10.1 Å². The van der Waals surface area contributed by atoms with Crippen molar-refractivity contribution >= 4 is 11.9 Å². The molecule has 0 spiro atoms. The molecule has 1 aliphatic heterocycles. The van der Waals surface area contributed by atoms with E-state index >= 15 is 0 Å². The Hall–Kier alpha value is -2.90. The summed E-state index contributed by atoms with van der Waals surface area (Å²) in [4.78, 5) is 29.5. The summed E-state index contributed by atoms with van der Waals surface area (Å²) in [5.41, 5.74) is 1.28. The summed E-state index contributed by atoms with van der Waals surface area (Å²) in [7, 11) is 1.26. The Morgan fingerprint density at radius 2 is 1.92 bits per heavy atom. The van der Waals surface area contributed by atoms with E-state index < -0.39 is 11.9 Å². The molecular weight excluding hydrogens is 336 g/mol. The molecule has 3 rings (SSSR count). The van der Waals surface area contributed by atoms with Crippen LogP contribution in [0.1, 0.15) is 32.3 Å². The summed E-state index contributed by atoms with van der Waals surface area (Å²) in [5, 5.41) is 15.0. The predicted molar refractivity (Wildman–Crippen MR) is 93.6 cm³/mol. The zero-order valence-electron chi connectivity index (χ0n) is 14.3. The number of phenolic OH excluding ortho intramolecular Hbond substituents is 1. The van der Waals surface area contributed by atoms with Crippen molar-refractivity contribution in [2.45, 2.75) is 6.04 Å². The largest absolute Gasteiger partial charge is 0.507 e. The number of rotatable bonds is 4. The number of aromatic hydroxyl groups is 1. The first-order chi connectivity index (χ1) is 12.6. The quantitative estimate of drug-likeness (QED) is 0.809. The topological polar surface area (TPSA) is 88.1 Å². The van der Waals surface area contributed by atoms with Gasteiger partial charge >= 0.3 is 11.9 Å². The number of hydrogen-bond acceptors (Lipinski definition) is 7. The minimum Gasteiger partial charge on any atom is -0.507 e. The molecule has 1 aliphatic rings. The highest BCUT2D eigenvalue weighted by molar-refractivity contribution is 5.92. The van der Waals surface area contributed by atoms with E-state index in [-0.39, 0.29) is 17.4 Å². The van der Waals surface area contributed by atoms with Crippen LogP contribution in [0.3, 0.4) is 0 Å². The molecule has 0 radical (unpaired) electrons. The van der Waals surface area contributed by atoms with E-state index in [0.717, 1.165) is 5.56 Å². The third kappa shape index (κ3) is 3.84. The molecule has 2 N–H and O–H groups in total. The van der Waals surface area contributed by atoms with Crippen LogP contribution in [-0.2, 0) is 9.57 Å². The van der Waals surface area contributed by atoms with Gasteiger partial charge in [-0.3, -0.25) is 0 Å². The van der Waals surface area contributed by atoms with Gasteiger partial charge in [0.1, 0.15) is 11.3 Å². The van der Waals surface area contributed by atoms with Crippen molar-refractivity contribution < 1.29 is 24.3 Å². The fraction of sp³-hybridized carbons (Fsp3) is 0.263. The minimum atomic E-state index is -0.608. The van der Waals surface area contributed by atoms with Crippen LogP contribution in [0, 0.1) is 0 Å². The van der Waals surface area contributed by atoms with Crippen LogP contribution in [0.25, 0.3) is 0 Å². The summed E-state index contributed by atoms with van der Waals surface area (Å²) in [6.07, 6.45) is 0. The number of carbonyl (C=O) groups is 2. The first kappa shape index (κ1) is 17.9. The number of ether oxygens (including phenoxy) is 1. The van der Waals surface area contributed by atoms with E-state index in [1.807, 2.05) is 6.07 Å². The molecule has 2 aromatic rings. The van der Waals surface area contributed by atoms with Crippen molar-refractivity contribution in [1.82, 2.24) is 10.4 Å². The lowest BCUT2D eigenvalue weighted by molar-refractivity contribution is -0.147. The van der Waals surface area contributed by atoms with Gasteiger partial charge in [-0.1, -0.05) is 24.3 Å². The van der Waals surface area contributed by atoms with Crippen LogP contribution < -0.4 is 5.32 Å². The maximum Gasteiger partial charge on any atom is 0.357 e. The maximum absolute atomic E-state index is 12.3. The average Bonchev–Trinajstić information content (AvgIpc) is 2.68. The molecule has 2 aromatic carbocycles. The summed E-state index contributed by atoms with van der Waals surface area (Å²) in [6.45, 7) is 1.71. The van der Waals surface area contributed by atoms with Gasteiger partial charge in [0, 0.05) is 19.6 Å². The summed E-state index contributed by atoms with van der Waals surface area (Å²) in [6, 6.07) is 13.2. The number of carbonyl (C=O) groups excluding carboxylic acids is 2. The Balaban J connectivity index is 1.80. The molecule has 0 amide bonds. The molecule has 1 fully saturated rings. The van der Waals surface area contributed by atoms with Crippen LogP contribution in [0.2, 0.25) is 0 Å². The second kappa shape index (κ2) is 7.99. The first-order valence-electron chi connectivity index (χ1n) is 8.26. The number of hydroxylamine groups is 2. The van der Waals surface area contributed by atoms with Gasteiger partial charge in [-0.2, -0.15) is 0 Å². The van der Waals surface area contributed by atoms with Crippen molar-refractivity contribution in [3.8, 4) is 5.75 Å². The van der Waals surface area contributed by atoms with E-state index in [9.17, 15) is 14.7 Å². The number of piperazine rings is 1. The van der Waals surface area contributed by atoms with Gasteiger partial charge in [0.25, 0.3) is 0 Å². The third-order valence-corrected chi connectivity index (χ3v) is 4.22. The standard InChI is InChI=1S/C19H20N2O5/c1-25-19(24)15-8-7-14(11-17(15)22)16-12-20-9-10-21(16)26-18(23)13-5-3-2-4-6-13/h2-8,11,16,20,22H,9-10,12H2,1H3. The Morgan fingerprint density at radius 1 is 1.15 bits per heavy atom. The van der Waals surface area contributed by atoms with Crippen molar-refractivity contribution in [3.63, 3.8) is 0 Å². The lowest BCUT2D eigenvalue weighted by Crippen LogP contribution is -2.46. The predicted octanol–water partition coefficient (Wildman–Crippen LogP) is 1.90. The van der Waals surface area contributed by atoms with Crippen molar-refractivity contribution in [2.75, 3.05) is 26.7 Å². The lowest BCUT2D eigenvalue weighted by atomic mass is 10.0. The fourth-order valence-corrected chi connectivity index (χ4v) is 2.85. The number of hydrogen-bond donors (Lipinski definition) is 2. The Bertz CT molecular complexity index is 794. The van der Waals surface area contributed by atoms with E-state index in [1.54, 1.807) is 35.4 Å². The molecule has 7 heteroatoms. The molecule has 26 heavy (non-hydrogen) atoms.